The number of carbonyl (C=O) groups excluding carboxylic acids is 1. The minimum absolute atomic E-state index is 0.0646. The molecule has 0 spiro atoms. The van der Waals surface area contributed by atoms with Crippen LogP contribution in [0.25, 0.3) is 0 Å². The molecule has 0 heterocycles. The normalized spacial score (nSPS) is 13.3. The van der Waals surface area contributed by atoms with Crippen LogP contribution in [0.5, 0.6) is 0 Å². The van der Waals surface area contributed by atoms with Gasteiger partial charge in [-0.3, -0.25) is 4.79 Å². The Hall–Kier alpha value is -0.530. The lowest BCUT2D eigenvalue weighted by molar-refractivity contribution is -0.150. The average molecular weight is 425 g/mol. The quantitative estimate of drug-likeness (QED) is 0.120. The van der Waals surface area contributed by atoms with Gasteiger partial charge in [0.2, 0.25) is 0 Å². The van der Waals surface area contributed by atoms with Crippen LogP contribution >= 0.6 is 0 Å². The van der Waals surface area contributed by atoms with Gasteiger partial charge < -0.3 is 4.74 Å². The molecule has 2 unspecified atom stereocenters. The van der Waals surface area contributed by atoms with Gasteiger partial charge in [-0.15, -0.1) is 0 Å². The van der Waals surface area contributed by atoms with E-state index in [-0.39, 0.29) is 11.9 Å². The third-order valence-electron chi connectivity index (χ3n) is 6.63. The van der Waals surface area contributed by atoms with Crippen LogP contribution in [-0.4, -0.2) is 12.6 Å². The van der Waals surface area contributed by atoms with Gasteiger partial charge in [0, 0.05) is 0 Å². The van der Waals surface area contributed by atoms with Crippen molar-refractivity contribution in [3.63, 3.8) is 0 Å². The summed E-state index contributed by atoms with van der Waals surface area (Å²) in [6.07, 6.45) is 25.7. The van der Waals surface area contributed by atoms with Crippen molar-refractivity contribution in [1.82, 2.24) is 0 Å². The van der Waals surface area contributed by atoms with Crippen molar-refractivity contribution in [1.29, 1.82) is 0 Å². The van der Waals surface area contributed by atoms with E-state index < -0.39 is 0 Å². The van der Waals surface area contributed by atoms with E-state index in [2.05, 4.69) is 27.7 Å². The van der Waals surface area contributed by atoms with E-state index in [0.29, 0.717) is 12.5 Å². The predicted octanol–water partition coefficient (Wildman–Crippen LogP) is 9.64. The highest BCUT2D eigenvalue weighted by Gasteiger charge is 2.19. The lowest BCUT2D eigenvalue weighted by Gasteiger charge is -2.20. The molecule has 0 aromatic carbocycles. The Balaban J connectivity index is 4.20. The van der Waals surface area contributed by atoms with Crippen molar-refractivity contribution in [3.05, 3.63) is 0 Å². The number of esters is 1. The summed E-state index contributed by atoms with van der Waals surface area (Å²) in [4.78, 5) is 12.5. The zero-order valence-electron chi connectivity index (χ0n) is 21.3. The van der Waals surface area contributed by atoms with E-state index in [1.54, 1.807) is 0 Å². The first-order valence-electron chi connectivity index (χ1n) is 13.9. The standard InChI is InChI=1S/C28H56O2/c1-5-9-12-14-16-17-19-21-23-26(22-20-18-15-13-10-6-2)25-30-28(29)27(8-4)24-11-7-3/h26-27H,5-25H2,1-4H3. The minimum Gasteiger partial charge on any atom is -0.465 e. The average Bonchev–Trinajstić information content (AvgIpc) is 2.76. The molecule has 2 heteroatoms. The fourth-order valence-corrected chi connectivity index (χ4v) is 4.35. The Morgan fingerprint density at radius 2 is 1.00 bits per heavy atom. The van der Waals surface area contributed by atoms with Gasteiger partial charge in [-0.25, -0.2) is 0 Å². The lowest BCUT2D eigenvalue weighted by Crippen LogP contribution is -2.21. The molecule has 180 valence electrons. The van der Waals surface area contributed by atoms with E-state index in [4.69, 9.17) is 4.74 Å². The Morgan fingerprint density at radius 3 is 1.43 bits per heavy atom. The van der Waals surface area contributed by atoms with Gasteiger partial charge in [0.15, 0.2) is 0 Å². The number of unbranched alkanes of at least 4 members (excludes halogenated alkanes) is 13. The predicted molar refractivity (Wildman–Crippen MR) is 133 cm³/mol. The first-order chi connectivity index (χ1) is 14.7. The summed E-state index contributed by atoms with van der Waals surface area (Å²) in [5.74, 6) is 0.751. The number of hydrogen-bond donors (Lipinski definition) is 0. The van der Waals surface area contributed by atoms with Crippen LogP contribution in [-0.2, 0) is 9.53 Å². The smallest absolute Gasteiger partial charge is 0.308 e. The van der Waals surface area contributed by atoms with Crippen LogP contribution in [0, 0.1) is 11.8 Å². The summed E-state index contributed by atoms with van der Waals surface area (Å²) in [5.41, 5.74) is 0. The molecule has 0 radical (unpaired) electrons. The maximum Gasteiger partial charge on any atom is 0.308 e. The molecule has 0 aromatic rings. The highest BCUT2D eigenvalue weighted by Crippen LogP contribution is 2.21. The molecule has 0 bridgehead atoms. The lowest BCUT2D eigenvalue weighted by atomic mass is 9.94. The first-order valence-corrected chi connectivity index (χ1v) is 13.9. The van der Waals surface area contributed by atoms with Crippen LogP contribution in [0.15, 0.2) is 0 Å². The summed E-state index contributed by atoms with van der Waals surface area (Å²) in [5, 5.41) is 0. The Labute approximate surface area is 190 Å². The fourth-order valence-electron chi connectivity index (χ4n) is 4.35. The van der Waals surface area contributed by atoms with Crippen molar-refractivity contribution in [2.75, 3.05) is 6.61 Å². The van der Waals surface area contributed by atoms with E-state index in [0.717, 1.165) is 25.7 Å². The molecule has 0 aromatic heterocycles. The second-order valence-corrected chi connectivity index (χ2v) is 9.56. The largest absolute Gasteiger partial charge is 0.465 e. The number of carbonyl (C=O) groups is 1. The zero-order chi connectivity index (χ0) is 22.3. The summed E-state index contributed by atoms with van der Waals surface area (Å²) in [7, 11) is 0. The monoisotopic (exact) mass is 424 g/mol. The SMILES string of the molecule is CCCCCCCCCCC(CCCCCCCC)COC(=O)C(CC)CCCC. The molecule has 2 nitrogen and oxygen atoms in total. The Morgan fingerprint density at radius 1 is 0.567 bits per heavy atom. The molecule has 0 saturated heterocycles. The van der Waals surface area contributed by atoms with Crippen molar-refractivity contribution >= 4 is 5.97 Å². The second-order valence-electron chi connectivity index (χ2n) is 9.56. The van der Waals surface area contributed by atoms with Crippen molar-refractivity contribution < 1.29 is 9.53 Å². The van der Waals surface area contributed by atoms with Crippen LogP contribution in [0.3, 0.4) is 0 Å². The maximum atomic E-state index is 12.5. The van der Waals surface area contributed by atoms with Gasteiger partial charge in [0.25, 0.3) is 0 Å². The van der Waals surface area contributed by atoms with Crippen molar-refractivity contribution in [2.24, 2.45) is 11.8 Å². The van der Waals surface area contributed by atoms with Crippen LogP contribution < -0.4 is 0 Å². The Bertz CT molecular complexity index is 353. The highest BCUT2D eigenvalue weighted by molar-refractivity contribution is 5.72. The second kappa shape index (κ2) is 23.1. The van der Waals surface area contributed by atoms with Crippen LogP contribution in [0.1, 0.15) is 156 Å². The first kappa shape index (κ1) is 29.5. The topological polar surface area (TPSA) is 26.3 Å². The van der Waals surface area contributed by atoms with E-state index in [1.807, 2.05) is 0 Å². The summed E-state index contributed by atoms with van der Waals surface area (Å²) in [6, 6.07) is 0. The van der Waals surface area contributed by atoms with Gasteiger partial charge in [0.1, 0.15) is 0 Å². The van der Waals surface area contributed by atoms with Gasteiger partial charge in [-0.1, -0.05) is 130 Å². The summed E-state index contributed by atoms with van der Waals surface area (Å²) in [6.45, 7) is 9.53. The van der Waals surface area contributed by atoms with Gasteiger partial charge in [0.05, 0.1) is 12.5 Å². The molecule has 0 aliphatic carbocycles. The van der Waals surface area contributed by atoms with Crippen molar-refractivity contribution in [3.8, 4) is 0 Å². The van der Waals surface area contributed by atoms with E-state index >= 15 is 0 Å². The van der Waals surface area contributed by atoms with E-state index in [9.17, 15) is 4.79 Å². The van der Waals surface area contributed by atoms with Gasteiger partial charge >= 0.3 is 5.97 Å². The van der Waals surface area contributed by atoms with Gasteiger partial charge in [-0.2, -0.15) is 0 Å². The van der Waals surface area contributed by atoms with Crippen LogP contribution in [0.2, 0.25) is 0 Å². The van der Waals surface area contributed by atoms with Crippen molar-refractivity contribution in [2.45, 2.75) is 156 Å². The number of ether oxygens (including phenoxy) is 1. The Kier molecular flexibility index (Phi) is 22.7. The molecule has 0 aliphatic rings. The molecular formula is C28H56O2. The molecule has 0 rings (SSSR count). The molecule has 30 heavy (non-hydrogen) atoms. The molecule has 0 saturated carbocycles. The highest BCUT2D eigenvalue weighted by atomic mass is 16.5. The summed E-state index contributed by atoms with van der Waals surface area (Å²) < 4.78 is 5.83. The van der Waals surface area contributed by atoms with Crippen LogP contribution in [0.4, 0.5) is 0 Å². The third-order valence-corrected chi connectivity index (χ3v) is 6.63. The molecular weight excluding hydrogens is 368 g/mol. The van der Waals surface area contributed by atoms with Gasteiger partial charge in [-0.05, 0) is 31.6 Å². The number of hydrogen-bond acceptors (Lipinski definition) is 2. The maximum absolute atomic E-state index is 12.5. The molecule has 0 amide bonds. The minimum atomic E-state index is 0.0646. The van der Waals surface area contributed by atoms with E-state index in [1.165, 1.54) is 103 Å². The number of rotatable bonds is 23. The fraction of sp³-hybridized carbons (Fsp3) is 0.964. The molecule has 0 aliphatic heterocycles. The third kappa shape index (κ3) is 18.3. The molecule has 0 fully saturated rings. The zero-order valence-corrected chi connectivity index (χ0v) is 21.3. The molecule has 0 N–H and O–H groups in total. The summed E-state index contributed by atoms with van der Waals surface area (Å²) >= 11 is 0. The molecule has 2 atom stereocenters.